The van der Waals surface area contributed by atoms with Crippen LogP contribution in [0.25, 0.3) is 0 Å². The zero-order valence-electron chi connectivity index (χ0n) is 8.16. The van der Waals surface area contributed by atoms with Crippen LogP contribution in [-0.4, -0.2) is 19.3 Å². The molecule has 3 heteroatoms. The van der Waals surface area contributed by atoms with Crippen LogP contribution in [0.3, 0.4) is 0 Å². The van der Waals surface area contributed by atoms with Gasteiger partial charge in [0.25, 0.3) is 0 Å². The maximum atomic E-state index is 6.15. The van der Waals surface area contributed by atoms with E-state index in [1.54, 1.807) is 0 Å². The van der Waals surface area contributed by atoms with Crippen molar-refractivity contribution >= 4 is 11.6 Å². The predicted molar refractivity (Wildman–Crippen MR) is 57.6 cm³/mol. The van der Waals surface area contributed by atoms with Gasteiger partial charge in [0.1, 0.15) is 0 Å². The molecule has 2 nitrogen and oxygen atoms in total. The van der Waals surface area contributed by atoms with Crippen LogP contribution >= 0.6 is 11.6 Å². The van der Waals surface area contributed by atoms with Crippen molar-refractivity contribution in [2.75, 3.05) is 13.2 Å². The molecule has 0 bridgehead atoms. The molecule has 0 saturated carbocycles. The highest BCUT2D eigenvalue weighted by atomic mass is 35.5. The minimum absolute atomic E-state index is 0.0659. The molecule has 2 rings (SSSR count). The summed E-state index contributed by atoms with van der Waals surface area (Å²) in [4.78, 5) is 0. The lowest BCUT2D eigenvalue weighted by Crippen LogP contribution is -2.57. The topological polar surface area (TPSA) is 35.2 Å². The molecule has 14 heavy (non-hydrogen) atoms. The molecule has 1 saturated heterocycles. The molecule has 1 aromatic rings. The number of rotatable bonds is 2. The zero-order valence-corrected chi connectivity index (χ0v) is 8.92. The summed E-state index contributed by atoms with van der Waals surface area (Å²) in [5.74, 6) is 0. The van der Waals surface area contributed by atoms with Gasteiger partial charge in [0.2, 0.25) is 0 Å². The van der Waals surface area contributed by atoms with Crippen LogP contribution in [0.4, 0.5) is 0 Å². The lowest BCUT2D eigenvalue weighted by atomic mass is 9.73. The fraction of sp³-hybridized carbons (Fsp3) is 0.455. The average Bonchev–Trinajstić information content (AvgIpc) is 2.05. The first-order valence-electron chi connectivity index (χ1n) is 4.75. The second-order valence-electron chi connectivity index (χ2n) is 3.92. The first-order valence-corrected chi connectivity index (χ1v) is 5.13. The summed E-state index contributed by atoms with van der Waals surface area (Å²) >= 11 is 6.15. The number of nitrogens with two attached hydrogens (primary N) is 1. The van der Waals surface area contributed by atoms with Crippen molar-refractivity contribution in [3.8, 4) is 0 Å². The molecule has 0 aliphatic carbocycles. The van der Waals surface area contributed by atoms with Crippen molar-refractivity contribution in [3.63, 3.8) is 0 Å². The van der Waals surface area contributed by atoms with Crippen molar-refractivity contribution in [2.24, 2.45) is 5.73 Å². The van der Waals surface area contributed by atoms with E-state index in [9.17, 15) is 0 Å². The number of ether oxygens (including phenoxy) is 1. The monoisotopic (exact) mass is 211 g/mol. The Balaban J connectivity index is 2.42. The van der Waals surface area contributed by atoms with Crippen LogP contribution in [0.5, 0.6) is 0 Å². The van der Waals surface area contributed by atoms with Crippen LogP contribution in [0.1, 0.15) is 12.5 Å². The van der Waals surface area contributed by atoms with Gasteiger partial charge in [-0.1, -0.05) is 29.8 Å². The van der Waals surface area contributed by atoms with Crippen molar-refractivity contribution in [1.29, 1.82) is 0 Å². The first-order chi connectivity index (χ1) is 6.67. The second-order valence-corrected chi connectivity index (χ2v) is 4.32. The van der Waals surface area contributed by atoms with Crippen LogP contribution in [-0.2, 0) is 10.2 Å². The summed E-state index contributed by atoms with van der Waals surface area (Å²) in [6.07, 6.45) is 0. The van der Waals surface area contributed by atoms with E-state index < -0.39 is 0 Å². The smallest absolute Gasteiger partial charge is 0.0601 e. The van der Waals surface area contributed by atoms with Gasteiger partial charge in [-0.15, -0.1) is 0 Å². The zero-order chi connectivity index (χ0) is 10.2. The first kappa shape index (κ1) is 9.97. The quantitative estimate of drug-likeness (QED) is 0.812. The van der Waals surface area contributed by atoms with Gasteiger partial charge in [0.15, 0.2) is 0 Å². The van der Waals surface area contributed by atoms with Crippen molar-refractivity contribution in [2.45, 2.75) is 18.4 Å². The SMILES string of the molecule is CC(N)C1(c2ccccc2Cl)COC1. The van der Waals surface area contributed by atoms with Crippen molar-refractivity contribution in [3.05, 3.63) is 34.9 Å². The Morgan fingerprint density at radius 3 is 2.50 bits per heavy atom. The maximum Gasteiger partial charge on any atom is 0.0601 e. The molecule has 1 unspecified atom stereocenters. The fourth-order valence-electron chi connectivity index (χ4n) is 1.85. The molecule has 1 aliphatic rings. The molecule has 1 fully saturated rings. The molecule has 1 heterocycles. The number of halogens is 1. The second kappa shape index (κ2) is 3.54. The number of hydrogen-bond donors (Lipinski definition) is 1. The molecule has 1 aliphatic heterocycles. The third-order valence-electron chi connectivity index (χ3n) is 3.00. The van der Waals surface area contributed by atoms with E-state index in [0.717, 1.165) is 10.6 Å². The van der Waals surface area contributed by atoms with Gasteiger partial charge in [-0.2, -0.15) is 0 Å². The van der Waals surface area contributed by atoms with Gasteiger partial charge >= 0.3 is 0 Å². The van der Waals surface area contributed by atoms with E-state index in [2.05, 4.69) is 0 Å². The summed E-state index contributed by atoms with van der Waals surface area (Å²) in [6.45, 7) is 3.36. The molecule has 0 amide bonds. The van der Waals surface area contributed by atoms with Gasteiger partial charge in [-0.25, -0.2) is 0 Å². The highest BCUT2D eigenvalue weighted by Crippen LogP contribution is 2.38. The summed E-state index contributed by atoms with van der Waals surface area (Å²) in [6, 6.07) is 7.92. The Morgan fingerprint density at radius 2 is 2.07 bits per heavy atom. The Hall–Kier alpha value is -0.570. The summed E-state index contributed by atoms with van der Waals surface area (Å²) < 4.78 is 5.27. The van der Waals surface area contributed by atoms with E-state index in [1.807, 2.05) is 31.2 Å². The van der Waals surface area contributed by atoms with Crippen molar-refractivity contribution < 1.29 is 4.74 Å². The highest BCUT2D eigenvalue weighted by Gasteiger charge is 2.44. The third kappa shape index (κ3) is 1.34. The predicted octanol–water partition coefficient (Wildman–Crippen LogP) is 1.96. The summed E-state index contributed by atoms with van der Waals surface area (Å²) in [5.41, 5.74) is 7.04. The molecule has 0 radical (unpaired) electrons. The van der Waals surface area contributed by atoms with Gasteiger partial charge in [0.05, 0.1) is 18.6 Å². The van der Waals surface area contributed by atoms with E-state index in [-0.39, 0.29) is 11.5 Å². The minimum atomic E-state index is -0.0711. The van der Waals surface area contributed by atoms with Crippen LogP contribution in [0.2, 0.25) is 5.02 Å². The van der Waals surface area contributed by atoms with Crippen molar-refractivity contribution in [1.82, 2.24) is 0 Å². The Kier molecular flexibility index (Phi) is 2.52. The molecule has 1 aromatic carbocycles. The Bertz CT molecular complexity index is 334. The fourth-order valence-corrected chi connectivity index (χ4v) is 2.17. The average molecular weight is 212 g/mol. The standard InChI is InChI=1S/C11H14ClNO/c1-8(13)11(6-14-7-11)9-4-2-3-5-10(9)12/h2-5,8H,6-7,13H2,1H3. The van der Waals surface area contributed by atoms with E-state index in [4.69, 9.17) is 22.1 Å². The maximum absolute atomic E-state index is 6.15. The van der Waals surface area contributed by atoms with E-state index in [0.29, 0.717) is 13.2 Å². The number of hydrogen-bond acceptors (Lipinski definition) is 2. The summed E-state index contributed by atoms with van der Waals surface area (Å²) in [7, 11) is 0. The molecule has 76 valence electrons. The van der Waals surface area contributed by atoms with Crippen LogP contribution in [0, 0.1) is 0 Å². The largest absolute Gasteiger partial charge is 0.379 e. The lowest BCUT2D eigenvalue weighted by Gasteiger charge is -2.45. The molecular formula is C11H14ClNO. The highest BCUT2D eigenvalue weighted by molar-refractivity contribution is 6.31. The normalized spacial score (nSPS) is 21.4. The molecule has 0 aromatic heterocycles. The van der Waals surface area contributed by atoms with Gasteiger partial charge in [-0.3, -0.25) is 0 Å². The van der Waals surface area contributed by atoms with Gasteiger partial charge in [0, 0.05) is 11.1 Å². The summed E-state index contributed by atoms with van der Waals surface area (Å²) in [5, 5.41) is 0.785. The lowest BCUT2D eigenvalue weighted by molar-refractivity contribution is -0.0701. The Labute approximate surface area is 89.0 Å². The van der Waals surface area contributed by atoms with Gasteiger partial charge in [-0.05, 0) is 18.6 Å². The molecule has 0 spiro atoms. The molecule has 2 N–H and O–H groups in total. The number of benzene rings is 1. The van der Waals surface area contributed by atoms with Crippen LogP contribution < -0.4 is 5.73 Å². The molecular weight excluding hydrogens is 198 g/mol. The van der Waals surface area contributed by atoms with Gasteiger partial charge < -0.3 is 10.5 Å². The van der Waals surface area contributed by atoms with E-state index >= 15 is 0 Å². The Morgan fingerprint density at radius 1 is 1.43 bits per heavy atom. The molecule has 1 atom stereocenters. The van der Waals surface area contributed by atoms with Crippen LogP contribution in [0.15, 0.2) is 24.3 Å². The van der Waals surface area contributed by atoms with E-state index in [1.165, 1.54) is 0 Å². The third-order valence-corrected chi connectivity index (χ3v) is 3.33. The minimum Gasteiger partial charge on any atom is -0.379 e.